The molecule has 3 aliphatic heterocycles. The fourth-order valence-corrected chi connectivity index (χ4v) is 3.73. The van der Waals surface area contributed by atoms with Gasteiger partial charge >= 0.3 is 5.96 Å². The second kappa shape index (κ2) is 3.88. The Hall–Kier alpha value is -2.36. The number of hydrogen-bond donors (Lipinski definition) is 7. The summed E-state index contributed by atoms with van der Waals surface area (Å²) in [7, 11) is 0. The van der Waals surface area contributed by atoms with Gasteiger partial charge in [-0.25, -0.2) is 10.3 Å². The van der Waals surface area contributed by atoms with Crippen molar-refractivity contribution in [3.63, 3.8) is 0 Å². The Bertz CT molecular complexity index is 717. The Labute approximate surface area is 125 Å². The minimum Gasteiger partial charge on any atom is -0.394 e. The van der Waals surface area contributed by atoms with Crippen molar-refractivity contribution in [3.8, 4) is 0 Å². The molecule has 1 aromatic rings. The smallest absolute Gasteiger partial charge is 0.343 e. The zero-order valence-corrected chi connectivity index (χ0v) is 11.6. The van der Waals surface area contributed by atoms with Crippen molar-refractivity contribution in [1.82, 2.24) is 5.32 Å². The molecule has 0 aliphatic carbocycles. The van der Waals surface area contributed by atoms with E-state index in [1.54, 1.807) is 24.3 Å². The summed E-state index contributed by atoms with van der Waals surface area (Å²) in [6.07, 6.45) is 0. The van der Waals surface area contributed by atoms with Gasteiger partial charge in [0, 0.05) is 5.56 Å². The minimum absolute atomic E-state index is 0.0803. The lowest BCUT2D eigenvalue weighted by molar-refractivity contribution is -0.517. The van der Waals surface area contributed by atoms with Crippen LogP contribution in [0.25, 0.3) is 0 Å². The van der Waals surface area contributed by atoms with Crippen LogP contribution in [-0.2, 0) is 5.79 Å². The quantitative estimate of drug-likeness (QED) is 0.258. The molecule has 0 saturated heterocycles. The number of aliphatic imine (C=N–C) groups is 1. The fourth-order valence-electron chi connectivity index (χ4n) is 3.73. The van der Waals surface area contributed by atoms with E-state index in [1.807, 2.05) is 0 Å². The highest BCUT2D eigenvalue weighted by Gasteiger charge is 2.74. The number of anilines is 1. The van der Waals surface area contributed by atoms with E-state index in [9.17, 15) is 15.3 Å². The molecule has 0 saturated carbocycles. The minimum atomic E-state index is -2.28. The number of fused-ring (bicyclic) bond motifs is 2. The zero-order valence-electron chi connectivity index (χ0n) is 11.6. The van der Waals surface area contributed by atoms with Gasteiger partial charge < -0.3 is 21.1 Å². The Balaban J connectivity index is 2.02. The second-order valence-electron chi connectivity index (χ2n) is 5.69. The highest BCUT2D eigenvalue weighted by Crippen LogP contribution is 2.50. The van der Waals surface area contributed by atoms with E-state index in [-0.39, 0.29) is 18.5 Å². The predicted molar refractivity (Wildman–Crippen MR) is 77.3 cm³/mol. The van der Waals surface area contributed by atoms with Crippen molar-refractivity contribution >= 4 is 17.6 Å². The maximum absolute atomic E-state index is 10.9. The largest absolute Gasteiger partial charge is 0.394 e. The number of rotatable bonds is 1. The number of hydrogen-bond acceptors (Lipinski definition) is 8. The van der Waals surface area contributed by atoms with E-state index >= 15 is 0 Å². The Kier molecular flexibility index (Phi) is 2.35. The summed E-state index contributed by atoms with van der Waals surface area (Å²) in [6, 6.07) is 5.46. The molecule has 22 heavy (non-hydrogen) atoms. The standard InChI is InChI=1S/C13H16N6O3/c14-10-17-9-7(5-20)16-11(15)19-8-4-2-1-3-6(8)13(21,22)12(9,19)18-10/h1-4,7,9,20-22H,5H2,(H2,15,16)(H3,14,17,18)/p+1/t7-,9-,12-/m0/s1. The van der Waals surface area contributed by atoms with Crippen molar-refractivity contribution in [2.24, 2.45) is 16.5 Å². The van der Waals surface area contributed by atoms with Crippen LogP contribution in [0.1, 0.15) is 5.56 Å². The Morgan fingerprint density at radius 2 is 2.05 bits per heavy atom. The van der Waals surface area contributed by atoms with Crippen molar-refractivity contribution < 1.29 is 20.3 Å². The first kappa shape index (κ1) is 13.3. The zero-order chi connectivity index (χ0) is 15.7. The van der Waals surface area contributed by atoms with Gasteiger partial charge in [0.05, 0.1) is 12.3 Å². The second-order valence-corrected chi connectivity index (χ2v) is 5.69. The number of aliphatic hydroxyl groups excluding tert-OH is 1. The molecule has 9 nitrogen and oxygen atoms in total. The van der Waals surface area contributed by atoms with Gasteiger partial charge in [-0.1, -0.05) is 18.2 Å². The third kappa shape index (κ3) is 1.24. The molecule has 0 amide bonds. The van der Waals surface area contributed by atoms with Crippen LogP contribution in [0, 0.1) is 0 Å². The van der Waals surface area contributed by atoms with Gasteiger partial charge in [-0.05, 0) is 6.07 Å². The van der Waals surface area contributed by atoms with Crippen LogP contribution in [0.15, 0.2) is 29.3 Å². The molecule has 0 fully saturated rings. The lowest BCUT2D eigenvalue weighted by Crippen LogP contribution is -2.90. The topological polar surface area (TPSA) is 154 Å². The number of guanidine groups is 2. The van der Waals surface area contributed by atoms with E-state index in [0.29, 0.717) is 11.3 Å². The van der Waals surface area contributed by atoms with Gasteiger partial charge in [-0.2, -0.15) is 0 Å². The molecule has 3 aliphatic rings. The van der Waals surface area contributed by atoms with Crippen molar-refractivity contribution in [3.05, 3.63) is 29.8 Å². The number of benzene rings is 1. The first-order chi connectivity index (χ1) is 10.4. The number of aliphatic hydroxyl groups is 3. The molecule has 0 unspecified atom stereocenters. The molecule has 0 radical (unpaired) electrons. The van der Waals surface area contributed by atoms with Crippen molar-refractivity contribution in [1.29, 1.82) is 0 Å². The van der Waals surface area contributed by atoms with E-state index in [1.165, 1.54) is 4.90 Å². The molecule has 0 aromatic heterocycles. The fraction of sp³-hybridized carbons (Fsp3) is 0.385. The third-order valence-corrected chi connectivity index (χ3v) is 4.59. The number of nitrogens with one attached hydrogen (secondary N) is 2. The summed E-state index contributed by atoms with van der Waals surface area (Å²) >= 11 is 0. The number of nitrogens with two attached hydrogens (primary N) is 2. The molecule has 1 spiro atoms. The van der Waals surface area contributed by atoms with Gasteiger partial charge in [-0.15, -0.1) is 0 Å². The summed E-state index contributed by atoms with van der Waals surface area (Å²) < 4.78 is 0. The number of para-hydroxylation sites is 1. The van der Waals surface area contributed by atoms with E-state index < -0.39 is 23.5 Å². The molecular weight excluding hydrogens is 288 g/mol. The highest BCUT2D eigenvalue weighted by molar-refractivity contribution is 6.01. The summed E-state index contributed by atoms with van der Waals surface area (Å²) in [5, 5.41) is 34.3. The third-order valence-electron chi connectivity index (χ3n) is 4.59. The van der Waals surface area contributed by atoms with Crippen LogP contribution in [-0.4, -0.2) is 51.6 Å². The Morgan fingerprint density at radius 3 is 2.77 bits per heavy atom. The van der Waals surface area contributed by atoms with Gasteiger partial charge in [0.15, 0.2) is 12.0 Å². The summed E-state index contributed by atoms with van der Waals surface area (Å²) in [5.41, 5.74) is 11.2. The van der Waals surface area contributed by atoms with Crippen LogP contribution < -0.4 is 26.7 Å². The SMILES string of the molecule is NC1=N[C@@H](CO)[C@@H]2[NH+]=C(N)N[C@]23N1c1ccccc1C3(O)O. The summed E-state index contributed by atoms with van der Waals surface area (Å²) in [6.45, 7) is -0.310. The van der Waals surface area contributed by atoms with Crippen LogP contribution in [0.4, 0.5) is 5.69 Å². The summed E-state index contributed by atoms with van der Waals surface area (Å²) in [5.74, 6) is -2.04. The molecular formula is C13H17N6O3+. The van der Waals surface area contributed by atoms with Gasteiger partial charge in [0.2, 0.25) is 0 Å². The van der Waals surface area contributed by atoms with Gasteiger partial charge in [-0.3, -0.25) is 15.6 Å². The molecule has 3 atom stereocenters. The van der Waals surface area contributed by atoms with E-state index in [2.05, 4.69) is 15.3 Å². The van der Waals surface area contributed by atoms with Crippen LogP contribution in [0.3, 0.4) is 0 Å². The maximum Gasteiger partial charge on any atom is 0.343 e. The molecule has 1 aromatic carbocycles. The van der Waals surface area contributed by atoms with Crippen molar-refractivity contribution in [2.75, 3.05) is 11.5 Å². The molecule has 0 bridgehead atoms. The lowest BCUT2D eigenvalue weighted by Gasteiger charge is -2.45. The molecule has 9 N–H and O–H groups in total. The molecule has 3 heterocycles. The van der Waals surface area contributed by atoms with E-state index in [4.69, 9.17) is 11.5 Å². The number of nitrogens with zero attached hydrogens (tertiary/aromatic N) is 2. The average Bonchev–Trinajstić information content (AvgIpc) is 2.93. The summed E-state index contributed by atoms with van der Waals surface area (Å²) in [4.78, 5) is 8.71. The van der Waals surface area contributed by atoms with Crippen molar-refractivity contribution in [2.45, 2.75) is 23.5 Å². The van der Waals surface area contributed by atoms with Crippen LogP contribution in [0.2, 0.25) is 0 Å². The van der Waals surface area contributed by atoms with Gasteiger partial charge in [0.1, 0.15) is 6.04 Å². The first-order valence-corrected chi connectivity index (χ1v) is 6.89. The van der Waals surface area contributed by atoms with Crippen LogP contribution in [0.5, 0.6) is 0 Å². The molecule has 9 heteroatoms. The monoisotopic (exact) mass is 305 g/mol. The first-order valence-electron chi connectivity index (χ1n) is 6.89. The average molecular weight is 305 g/mol. The Morgan fingerprint density at radius 1 is 1.32 bits per heavy atom. The molecule has 4 rings (SSSR count). The highest BCUT2D eigenvalue weighted by atomic mass is 16.5. The van der Waals surface area contributed by atoms with E-state index in [0.717, 1.165) is 0 Å². The van der Waals surface area contributed by atoms with Crippen LogP contribution >= 0.6 is 0 Å². The predicted octanol–water partition coefficient (Wildman–Crippen LogP) is -4.60. The normalized spacial score (nSPS) is 34.2. The lowest BCUT2D eigenvalue weighted by atomic mass is 9.85. The molecule has 116 valence electrons. The maximum atomic E-state index is 10.9. The van der Waals surface area contributed by atoms with Gasteiger partial charge in [0.25, 0.3) is 11.4 Å².